The highest BCUT2D eigenvalue weighted by atomic mass is 32.2. The Kier molecular flexibility index (Phi) is 5.81. The van der Waals surface area contributed by atoms with E-state index in [1.54, 1.807) is 19.1 Å². The molecule has 0 spiro atoms. The van der Waals surface area contributed by atoms with Crippen molar-refractivity contribution in [3.05, 3.63) is 84.2 Å². The first kappa shape index (κ1) is 19.2. The van der Waals surface area contributed by atoms with Gasteiger partial charge in [-0.2, -0.15) is 0 Å². The largest absolute Gasteiger partial charge is 0.322 e. The van der Waals surface area contributed by atoms with Gasteiger partial charge in [0.2, 0.25) is 5.95 Å². The number of nitrogens with zero attached hydrogens (tertiary/aromatic N) is 2. The van der Waals surface area contributed by atoms with Gasteiger partial charge in [-0.25, -0.2) is 23.1 Å². The summed E-state index contributed by atoms with van der Waals surface area (Å²) < 4.78 is 27.0. The van der Waals surface area contributed by atoms with Crippen LogP contribution in [0.15, 0.2) is 83.5 Å². The van der Waals surface area contributed by atoms with E-state index >= 15 is 0 Å². The second-order valence-corrected chi connectivity index (χ2v) is 7.58. The first-order chi connectivity index (χ1) is 13.4. The number of benzene rings is 2. The quantitative estimate of drug-likeness (QED) is 0.625. The molecule has 7 nitrogen and oxygen atoms in total. The summed E-state index contributed by atoms with van der Waals surface area (Å²) in [4.78, 5) is 20.0. The van der Waals surface area contributed by atoms with Crippen LogP contribution in [-0.4, -0.2) is 24.3 Å². The summed E-state index contributed by atoms with van der Waals surface area (Å²) in [6.07, 6.45) is 4.65. The molecule has 3 aromatic rings. The van der Waals surface area contributed by atoms with Crippen LogP contribution in [0.2, 0.25) is 0 Å². The number of aromatic nitrogens is 2. The summed E-state index contributed by atoms with van der Waals surface area (Å²) in [6, 6.07) is 16.9. The van der Waals surface area contributed by atoms with Crippen molar-refractivity contribution in [3.63, 3.8) is 0 Å². The zero-order valence-corrected chi connectivity index (χ0v) is 15.8. The number of rotatable bonds is 6. The van der Waals surface area contributed by atoms with Crippen molar-refractivity contribution in [2.45, 2.75) is 11.8 Å². The number of hydrogen-bond acceptors (Lipinski definition) is 5. The zero-order chi connectivity index (χ0) is 20.0. The maximum Gasteiger partial charge on any atom is 0.264 e. The molecule has 0 saturated heterocycles. The fraction of sp³-hybridized carbons (Fsp3) is 0.0500. The minimum absolute atomic E-state index is 0.0125. The van der Waals surface area contributed by atoms with Crippen LogP contribution in [0, 0.1) is 0 Å². The molecular formula is C20H18N4O3S. The van der Waals surface area contributed by atoms with Crippen molar-refractivity contribution in [3.8, 4) is 0 Å². The van der Waals surface area contributed by atoms with Crippen LogP contribution >= 0.6 is 0 Å². The first-order valence-electron chi connectivity index (χ1n) is 8.39. The summed E-state index contributed by atoms with van der Waals surface area (Å²) in [6.45, 7) is 1.71. The summed E-state index contributed by atoms with van der Waals surface area (Å²) in [7, 11) is -3.81. The second kappa shape index (κ2) is 8.45. The zero-order valence-electron chi connectivity index (χ0n) is 15.0. The van der Waals surface area contributed by atoms with E-state index in [1.165, 1.54) is 36.7 Å². The maximum atomic E-state index is 12.4. The Morgan fingerprint density at radius 2 is 1.57 bits per heavy atom. The van der Waals surface area contributed by atoms with Crippen molar-refractivity contribution in [1.29, 1.82) is 0 Å². The van der Waals surface area contributed by atoms with Gasteiger partial charge in [-0.3, -0.25) is 4.79 Å². The fourth-order valence-corrected chi connectivity index (χ4v) is 3.30. The minimum atomic E-state index is -3.81. The van der Waals surface area contributed by atoms with Gasteiger partial charge in [-0.05, 0) is 48.9 Å². The molecule has 28 heavy (non-hydrogen) atoms. The molecule has 1 heterocycles. The molecule has 0 radical (unpaired) electrons. The molecule has 2 N–H and O–H groups in total. The number of nitrogens with one attached hydrogen (secondary N) is 2. The van der Waals surface area contributed by atoms with Crippen LogP contribution in [0.5, 0.6) is 0 Å². The molecule has 0 aliphatic carbocycles. The van der Waals surface area contributed by atoms with Crippen LogP contribution in [0.25, 0.3) is 6.08 Å². The summed E-state index contributed by atoms with van der Waals surface area (Å²) >= 11 is 0. The smallest absolute Gasteiger partial charge is 0.264 e. The fourth-order valence-electron chi connectivity index (χ4n) is 2.34. The molecule has 142 valence electrons. The van der Waals surface area contributed by atoms with Crippen LogP contribution in [0.3, 0.4) is 0 Å². The standard InChI is InChI=1S/C20H18N4O3S/c1-15(14-16-6-3-2-4-7-16)19(25)23-17-8-10-18(11-9-17)28(26,27)24-20-21-12-5-13-22-20/h2-14H,1H3,(H,23,25)(H,21,22,24)/b15-14+. The van der Waals surface area contributed by atoms with Crippen LogP contribution < -0.4 is 10.0 Å². The highest BCUT2D eigenvalue weighted by Crippen LogP contribution is 2.17. The normalized spacial score (nSPS) is 11.7. The van der Waals surface area contributed by atoms with E-state index < -0.39 is 10.0 Å². The van der Waals surface area contributed by atoms with Crippen LogP contribution in [-0.2, 0) is 14.8 Å². The lowest BCUT2D eigenvalue weighted by atomic mass is 10.1. The van der Waals surface area contributed by atoms with Gasteiger partial charge in [0, 0.05) is 23.7 Å². The third-order valence-electron chi connectivity index (χ3n) is 3.75. The van der Waals surface area contributed by atoms with Gasteiger partial charge in [-0.15, -0.1) is 0 Å². The number of hydrogen-bond donors (Lipinski definition) is 2. The number of carbonyl (C=O) groups excluding carboxylic acids is 1. The van der Waals surface area contributed by atoms with Crippen LogP contribution in [0.1, 0.15) is 12.5 Å². The lowest BCUT2D eigenvalue weighted by Crippen LogP contribution is -2.15. The molecule has 3 rings (SSSR count). The number of amides is 1. The van der Waals surface area contributed by atoms with Gasteiger partial charge in [0.1, 0.15) is 0 Å². The predicted molar refractivity (Wildman–Crippen MR) is 108 cm³/mol. The molecule has 1 aromatic heterocycles. The van der Waals surface area contributed by atoms with Gasteiger partial charge in [0.25, 0.3) is 15.9 Å². The minimum Gasteiger partial charge on any atom is -0.322 e. The highest BCUT2D eigenvalue weighted by Gasteiger charge is 2.15. The average molecular weight is 394 g/mol. The summed E-state index contributed by atoms with van der Waals surface area (Å²) in [5, 5.41) is 2.74. The van der Waals surface area contributed by atoms with Gasteiger partial charge in [0.15, 0.2) is 0 Å². The molecule has 0 aliphatic heterocycles. The molecule has 0 saturated carbocycles. The van der Waals surface area contributed by atoms with Crippen molar-refractivity contribution in [1.82, 2.24) is 9.97 Å². The van der Waals surface area contributed by atoms with Crippen molar-refractivity contribution < 1.29 is 13.2 Å². The molecular weight excluding hydrogens is 376 g/mol. The third-order valence-corrected chi connectivity index (χ3v) is 5.10. The Bertz CT molecular complexity index is 1080. The molecule has 0 aliphatic rings. The third kappa shape index (κ3) is 5.01. The second-order valence-electron chi connectivity index (χ2n) is 5.89. The van der Waals surface area contributed by atoms with Gasteiger partial charge in [-0.1, -0.05) is 30.3 Å². The summed E-state index contributed by atoms with van der Waals surface area (Å²) in [5.74, 6) is -0.281. The monoisotopic (exact) mass is 394 g/mol. The Hall–Kier alpha value is -3.52. The molecule has 1 amide bonds. The van der Waals surface area contributed by atoms with Crippen molar-refractivity contribution in [2.75, 3.05) is 10.0 Å². The van der Waals surface area contributed by atoms with Crippen molar-refractivity contribution >= 4 is 33.6 Å². The van der Waals surface area contributed by atoms with Crippen molar-refractivity contribution in [2.24, 2.45) is 0 Å². The van der Waals surface area contributed by atoms with E-state index in [0.717, 1.165) is 5.56 Å². The number of sulfonamides is 1. The Labute approximate surface area is 163 Å². The highest BCUT2D eigenvalue weighted by molar-refractivity contribution is 7.92. The van der Waals surface area contributed by atoms with Crippen LogP contribution in [0.4, 0.5) is 11.6 Å². The molecule has 8 heteroatoms. The molecule has 0 unspecified atom stereocenters. The lowest BCUT2D eigenvalue weighted by molar-refractivity contribution is -0.112. The van der Waals surface area contributed by atoms with E-state index in [9.17, 15) is 13.2 Å². The molecule has 2 aromatic carbocycles. The number of anilines is 2. The van der Waals surface area contributed by atoms with E-state index in [1.807, 2.05) is 30.3 Å². The summed E-state index contributed by atoms with van der Waals surface area (Å²) in [5.41, 5.74) is 1.94. The van der Waals surface area contributed by atoms with Gasteiger partial charge >= 0.3 is 0 Å². The molecule has 0 fully saturated rings. The first-order valence-corrected chi connectivity index (χ1v) is 9.87. The maximum absolute atomic E-state index is 12.4. The van der Waals surface area contributed by atoms with E-state index in [2.05, 4.69) is 20.0 Å². The lowest BCUT2D eigenvalue weighted by Gasteiger charge is -2.09. The Balaban J connectivity index is 1.69. The topological polar surface area (TPSA) is 101 Å². The molecule has 0 atom stereocenters. The van der Waals surface area contributed by atoms with Gasteiger partial charge < -0.3 is 5.32 Å². The van der Waals surface area contributed by atoms with E-state index in [0.29, 0.717) is 11.3 Å². The average Bonchev–Trinajstić information content (AvgIpc) is 2.69. The van der Waals surface area contributed by atoms with E-state index in [-0.39, 0.29) is 16.8 Å². The predicted octanol–water partition coefficient (Wildman–Crippen LogP) is 3.32. The van der Waals surface area contributed by atoms with Gasteiger partial charge in [0.05, 0.1) is 4.90 Å². The van der Waals surface area contributed by atoms with E-state index in [4.69, 9.17) is 0 Å². The molecule has 0 bridgehead atoms. The SMILES string of the molecule is C/C(=C\c1ccccc1)C(=O)Nc1ccc(S(=O)(=O)Nc2ncccn2)cc1. The Morgan fingerprint density at radius 3 is 2.21 bits per heavy atom. The number of carbonyl (C=O) groups is 1. The Morgan fingerprint density at radius 1 is 0.929 bits per heavy atom.